The van der Waals surface area contributed by atoms with E-state index in [1.165, 1.54) is 5.56 Å². The van der Waals surface area contributed by atoms with Gasteiger partial charge in [0.1, 0.15) is 17.6 Å². The van der Waals surface area contributed by atoms with Crippen molar-refractivity contribution >= 4 is 5.69 Å². The molecule has 1 aromatic carbocycles. The number of H-pyrrole nitrogens is 1. The van der Waals surface area contributed by atoms with Gasteiger partial charge in [-0.2, -0.15) is 5.10 Å². The standard InChI is InChI=1S/C15H19N3O2/c1-3-19-14-5-11-4-10(2)20-15(11)6-12(14)7-16-13-8-17-18-9-13/h5-6,8-10,16H,3-4,7H2,1-2H3,(H,17,18). The minimum atomic E-state index is 0.247. The monoisotopic (exact) mass is 273 g/mol. The summed E-state index contributed by atoms with van der Waals surface area (Å²) in [5.41, 5.74) is 3.29. The molecular formula is C15H19N3O2. The van der Waals surface area contributed by atoms with Crippen molar-refractivity contribution in [1.29, 1.82) is 0 Å². The fraction of sp³-hybridized carbons (Fsp3) is 0.400. The molecule has 0 radical (unpaired) electrons. The molecule has 1 atom stereocenters. The largest absolute Gasteiger partial charge is 0.494 e. The number of aromatic amines is 1. The Kier molecular flexibility index (Phi) is 3.50. The van der Waals surface area contributed by atoms with Gasteiger partial charge in [0.2, 0.25) is 0 Å². The van der Waals surface area contributed by atoms with Gasteiger partial charge in [0.05, 0.1) is 18.5 Å². The summed E-state index contributed by atoms with van der Waals surface area (Å²) in [5.74, 6) is 1.91. The van der Waals surface area contributed by atoms with Crippen LogP contribution in [0.25, 0.3) is 0 Å². The fourth-order valence-electron chi connectivity index (χ4n) is 2.45. The van der Waals surface area contributed by atoms with Crippen LogP contribution < -0.4 is 14.8 Å². The quantitative estimate of drug-likeness (QED) is 0.879. The van der Waals surface area contributed by atoms with Gasteiger partial charge >= 0.3 is 0 Å². The summed E-state index contributed by atoms with van der Waals surface area (Å²) < 4.78 is 11.6. The highest BCUT2D eigenvalue weighted by atomic mass is 16.5. The molecule has 2 N–H and O–H groups in total. The van der Waals surface area contributed by atoms with E-state index < -0.39 is 0 Å². The van der Waals surface area contributed by atoms with E-state index in [9.17, 15) is 0 Å². The smallest absolute Gasteiger partial charge is 0.124 e. The van der Waals surface area contributed by atoms with Crippen LogP contribution in [0.4, 0.5) is 5.69 Å². The Morgan fingerprint density at radius 2 is 2.40 bits per heavy atom. The Balaban J connectivity index is 1.82. The highest BCUT2D eigenvalue weighted by molar-refractivity contribution is 5.50. The van der Waals surface area contributed by atoms with Crippen molar-refractivity contribution < 1.29 is 9.47 Å². The third kappa shape index (κ3) is 2.57. The van der Waals surface area contributed by atoms with Crippen molar-refractivity contribution in [2.75, 3.05) is 11.9 Å². The highest BCUT2D eigenvalue weighted by Crippen LogP contribution is 2.35. The molecule has 0 amide bonds. The van der Waals surface area contributed by atoms with Crippen molar-refractivity contribution in [3.05, 3.63) is 35.7 Å². The maximum absolute atomic E-state index is 5.82. The SMILES string of the molecule is CCOc1cc2c(cc1CNc1cn[nH]c1)OC(C)C2. The number of hydrogen-bond donors (Lipinski definition) is 2. The Morgan fingerprint density at radius 1 is 1.50 bits per heavy atom. The summed E-state index contributed by atoms with van der Waals surface area (Å²) >= 11 is 0. The Labute approximate surface area is 118 Å². The number of anilines is 1. The van der Waals surface area contributed by atoms with E-state index in [1.54, 1.807) is 6.20 Å². The van der Waals surface area contributed by atoms with Gasteiger partial charge in [-0.1, -0.05) is 0 Å². The second-order valence-electron chi connectivity index (χ2n) is 4.97. The predicted molar refractivity (Wildman–Crippen MR) is 77.3 cm³/mol. The van der Waals surface area contributed by atoms with Gasteiger partial charge in [-0.15, -0.1) is 0 Å². The highest BCUT2D eigenvalue weighted by Gasteiger charge is 2.21. The zero-order valence-corrected chi connectivity index (χ0v) is 11.8. The van der Waals surface area contributed by atoms with Gasteiger partial charge in [-0.25, -0.2) is 0 Å². The zero-order valence-electron chi connectivity index (χ0n) is 11.8. The molecule has 1 aliphatic heterocycles. The van der Waals surface area contributed by atoms with Crippen molar-refractivity contribution in [2.24, 2.45) is 0 Å². The second-order valence-corrected chi connectivity index (χ2v) is 4.97. The second kappa shape index (κ2) is 5.45. The first kappa shape index (κ1) is 12.8. The van der Waals surface area contributed by atoms with Gasteiger partial charge in [-0.3, -0.25) is 5.10 Å². The van der Waals surface area contributed by atoms with Crippen LogP contribution >= 0.6 is 0 Å². The van der Waals surface area contributed by atoms with Crippen molar-refractivity contribution in [1.82, 2.24) is 10.2 Å². The Hall–Kier alpha value is -2.17. The first-order valence-corrected chi connectivity index (χ1v) is 6.94. The lowest BCUT2D eigenvalue weighted by atomic mass is 10.1. The average Bonchev–Trinajstić information content (AvgIpc) is 3.04. The van der Waals surface area contributed by atoms with Crippen LogP contribution in [0.1, 0.15) is 25.0 Å². The minimum absolute atomic E-state index is 0.247. The number of nitrogens with one attached hydrogen (secondary N) is 2. The topological polar surface area (TPSA) is 59.2 Å². The van der Waals surface area contributed by atoms with E-state index >= 15 is 0 Å². The average molecular weight is 273 g/mol. The number of fused-ring (bicyclic) bond motifs is 1. The molecule has 0 bridgehead atoms. The van der Waals surface area contributed by atoms with Gasteiger partial charge in [-0.05, 0) is 26.0 Å². The minimum Gasteiger partial charge on any atom is -0.494 e. The van der Waals surface area contributed by atoms with Crippen LogP contribution in [0.2, 0.25) is 0 Å². The van der Waals surface area contributed by atoms with E-state index in [4.69, 9.17) is 9.47 Å². The first-order chi connectivity index (χ1) is 9.76. The molecule has 0 spiro atoms. The summed E-state index contributed by atoms with van der Waals surface area (Å²) in [4.78, 5) is 0. The molecule has 0 aliphatic carbocycles. The molecule has 106 valence electrons. The van der Waals surface area contributed by atoms with Crippen molar-refractivity contribution in [2.45, 2.75) is 32.9 Å². The van der Waals surface area contributed by atoms with E-state index in [2.05, 4.69) is 34.6 Å². The Bertz CT molecular complexity index is 581. The van der Waals surface area contributed by atoms with E-state index in [0.29, 0.717) is 13.2 Å². The molecule has 5 nitrogen and oxygen atoms in total. The molecule has 3 rings (SSSR count). The number of benzene rings is 1. The number of nitrogens with zero attached hydrogens (tertiary/aromatic N) is 1. The normalized spacial score (nSPS) is 16.6. The van der Waals surface area contributed by atoms with Crippen molar-refractivity contribution in [3.8, 4) is 11.5 Å². The molecule has 0 fully saturated rings. The van der Waals surface area contributed by atoms with Crippen LogP contribution in [-0.2, 0) is 13.0 Å². The van der Waals surface area contributed by atoms with Gasteiger partial charge < -0.3 is 14.8 Å². The maximum Gasteiger partial charge on any atom is 0.124 e. The van der Waals surface area contributed by atoms with E-state index in [-0.39, 0.29) is 6.10 Å². The lowest BCUT2D eigenvalue weighted by Gasteiger charge is -2.13. The van der Waals surface area contributed by atoms with Crippen LogP contribution in [-0.4, -0.2) is 22.9 Å². The molecule has 2 aromatic rings. The summed E-state index contributed by atoms with van der Waals surface area (Å²) in [6.45, 7) is 5.43. The summed E-state index contributed by atoms with van der Waals surface area (Å²) in [6.07, 6.45) is 4.78. The first-order valence-electron chi connectivity index (χ1n) is 6.94. The van der Waals surface area contributed by atoms with Crippen LogP contribution in [0.5, 0.6) is 11.5 Å². The lowest BCUT2D eigenvalue weighted by molar-refractivity contribution is 0.254. The van der Waals surface area contributed by atoms with Crippen LogP contribution in [0, 0.1) is 0 Å². The summed E-state index contributed by atoms with van der Waals surface area (Å²) in [7, 11) is 0. The van der Waals surface area contributed by atoms with Gasteiger partial charge in [0, 0.05) is 30.3 Å². The molecule has 1 aromatic heterocycles. The third-order valence-corrected chi connectivity index (χ3v) is 3.36. The number of rotatable bonds is 5. The molecule has 0 saturated carbocycles. The lowest BCUT2D eigenvalue weighted by Crippen LogP contribution is -2.05. The number of ether oxygens (including phenoxy) is 2. The van der Waals surface area contributed by atoms with E-state index in [1.807, 2.05) is 13.1 Å². The number of aromatic nitrogens is 2. The Morgan fingerprint density at radius 3 is 3.15 bits per heavy atom. The number of hydrogen-bond acceptors (Lipinski definition) is 4. The molecule has 20 heavy (non-hydrogen) atoms. The molecule has 1 unspecified atom stereocenters. The third-order valence-electron chi connectivity index (χ3n) is 3.36. The van der Waals surface area contributed by atoms with Gasteiger partial charge in [0.15, 0.2) is 0 Å². The van der Waals surface area contributed by atoms with Crippen LogP contribution in [0.3, 0.4) is 0 Å². The van der Waals surface area contributed by atoms with Crippen LogP contribution in [0.15, 0.2) is 24.5 Å². The molecule has 5 heteroatoms. The summed E-state index contributed by atoms with van der Waals surface area (Å²) in [5, 5.41) is 10.0. The fourth-order valence-corrected chi connectivity index (χ4v) is 2.45. The molecule has 2 heterocycles. The van der Waals surface area contributed by atoms with Gasteiger partial charge in [0.25, 0.3) is 0 Å². The van der Waals surface area contributed by atoms with E-state index in [0.717, 1.165) is 29.2 Å². The summed E-state index contributed by atoms with van der Waals surface area (Å²) in [6, 6.07) is 4.19. The molecule has 1 aliphatic rings. The molecule has 0 saturated heterocycles. The van der Waals surface area contributed by atoms with Crippen molar-refractivity contribution in [3.63, 3.8) is 0 Å². The molecular weight excluding hydrogens is 254 g/mol. The predicted octanol–water partition coefficient (Wildman–Crippen LogP) is 2.74. The zero-order chi connectivity index (χ0) is 13.9. The maximum atomic E-state index is 5.82.